The first kappa shape index (κ1) is 36.8. The first-order valence-corrected chi connectivity index (χ1v) is 23.7. The van der Waals surface area contributed by atoms with Crippen LogP contribution in [-0.2, 0) is 16.2 Å². The lowest BCUT2D eigenvalue weighted by atomic mass is 9.81. The molecule has 3 aliphatic rings. The molecule has 3 aliphatic carbocycles. The molecule has 0 saturated heterocycles. The monoisotopic (exact) mass is 841 g/mol. The van der Waals surface area contributed by atoms with Crippen LogP contribution in [0.5, 0.6) is 0 Å². The van der Waals surface area contributed by atoms with E-state index in [1.54, 1.807) is 0 Å². The molecule has 10 aromatic carbocycles. The lowest BCUT2D eigenvalue weighted by molar-refractivity contribution is 0.660. The van der Waals surface area contributed by atoms with E-state index in [1.165, 1.54) is 149 Å². The minimum atomic E-state index is -0.136. The lowest BCUT2D eigenvalue weighted by Crippen LogP contribution is -2.14. The van der Waals surface area contributed by atoms with Gasteiger partial charge >= 0.3 is 0 Å². The fraction of sp³-hybridized carbons (Fsp3) is 0.138. The Balaban J connectivity index is 0.952. The Morgan fingerprint density at radius 3 is 1.29 bits per heavy atom. The second-order valence-electron chi connectivity index (χ2n) is 21.3. The second-order valence-corrected chi connectivity index (χ2v) is 21.3. The predicted octanol–water partition coefficient (Wildman–Crippen LogP) is 17.4. The van der Waals surface area contributed by atoms with Gasteiger partial charge in [0.2, 0.25) is 0 Å². The molecule has 12 aromatic rings. The molecule has 0 bridgehead atoms. The van der Waals surface area contributed by atoms with Gasteiger partial charge in [-0.25, -0.2) is 0 Å². The Kier molecular flexibility index (Phi) is 6.72. The Labute approximate surface area is 384 Å². The van der Waals surface area contributed by atoms with Gasteiger partial charge in [-0.3, -0.25) is 0 Å². The van der Waals surface area contributed by atoms with Gasteiger partial charge in [0.15, 0.2) is 0 Å². The summed E-state index contributed by atoms with van der Waals surface area (Å²) >= 11 is 0. The quantitative estimate of drug-likeness (QED) is 0.163. The maximum absolute atomic E-state index is 2.60. The molecule has 0 aliphatic heterocycles. The van der Waals surface area contributed by atoms with Gasteiger partial charge in [-0.05, 0) is 165 Å². The van der Waals surface area contributed by atoms with Gasteiger partial charge < -0.3 is 4.40 Å². The summed E-state index contributed by atoms with van der Waals surface area (Å²) < 4.78 is 2.60. The fourth-order valence-corrected chi connectivity index (χ4v) is 13.4. The molecule has 0 unspecified atom stereocenters. The van der Waals surface area contributed by atoms with Crippen molar-refractivity contribution in [3.63, 3.8) is 0 Å². The SMILES string of the molecule is CC1(C)c2ccccc2-c2cc(-c3ccc4cc5c(cc4c3)c3cc4c(c6c7cc8cc(-c9ccc%10c(c9)-c9ccccc9C%10(C)C)ccc8cc7n5c36)-c3ccccc3C4(C)C)ccc21. The Morgan fingerprint density at radius 2 is 0.727 bits per heavy atom. The third kappa shape index (κ3) is 4.47. The standard InChI is InChI=1S/C65H47N/c1-63(2)52-16-10-7-13-44(52)47-29-38(23-25-55(47)63)36-19-21-40-33-58-49(31-42(40)27-36)50-35-57-60(46-15-9-12-18-54(46)65(57,5)6)61-51-32-43-28-37(20-22-41(43)34-59(51)66(58)62(50)61)39-24-26-56-48(30-39)45-14-8-11-17-53(45)64(56,3)4/h7-35H,1-6H3. The van der Waals surface area contributed by atoms with E-state index in [-0.39, 0.29) is 16.2 Å². The normalized spacial score (nSPS) is 15.8. The summed E-state index contributed by atoms with van der Waals surface area (Å²) in [5.74, 6) is 0. The summed E-state index contributed by atoms with van der Waals surface area (Å²) in [4.78, 5) is 0. The zero-order valence-electron chi connectivity index (χ0n) is 38.2. The van der Waals surface area contributed by atoms with Crippen LogP contribution in [0.3, 0.4) is 0 Å². The average Bonchev–Trinajstić information content (AvgIpc) is 4.04. The topological polar surface area (TPSA) is 4.41 Å². The first-order valence-electron chi connectivity index (χ1n) is 23.7. The Hall–Kier alpha value is -7.48. The minimum absolute atomic E-state index is 0.00444. The number of aromatic nitrogens is 1. The van der Waals surface area contributed by atoms with Gasteiger partial charge in [0.05, 0.1) is 16.6 Å². The van der Waals surface area contributed by atoms with Crippen LogP contribution < -0.4 is 0 Å². The molecule has 0 saturated carbocycles. The molecule has 1 nitrogen and oxygen atoms in total. The fourth-order valence-electron chi connectivity index (χ4n) is 13.4. The van der Waals surface area contributed by atoms with Crippen LogP contribution in [0, 0.1) is 0 Å². The molecular weight excluding hydrogens is 795 g/mol. The summed E-state index contributed by atoms with van der Waals surface area (Å²) in [7, 11) is 0. The van der Waals surface area contributed by atoms with E-state index < -0.39 is 0 Å². The van der Waals surface area contributed by atoms with Gasteiger partial charge in [0.25, 0.3) is 0 Å². The van der Waals surface area contributed by atoms with Gasteiger partial charge in [0.1, 0.15) is 0 Å². The van der Waals surface area contributed by atoms with Crippen LogP contribution in [0.1, 0.15) is 74.9 Å². The third-order valence-corrected chi connectivity index (χ3v) is 16.9. The van der Waals surface area contributed by atoms with Crippen molar-refractivity contribution in [3.8, 4) is 55.6 Å². The van der Waals surface area contributed by atoms with E-state index in [0.29, 0.717) is 0 Å². The largest absolute Gasteiger partial charge is 0.308 e. The smallest absolute Gasteiger partial charge is 0.0626 e. The molecule has 1 heteroatoms. The number of hydrogen-bond acceptors (Lipinski definition) is 0. The number of nitrogens with zero attached hydrogens (tertiary/aromatic N) is 1. The molecule has 0 N–H and O–H groups in total. The van der Waals surface area contributed by atoms with Crippen LogP contribution in [0.25, 0.3) is 115 Å². The van der Waals surface area contributed by atoms with E-state index in [4.69, 9.17) is 0 Å². The summed E-state index contributed by atoms with van der Waals surface area (Å²) in [5, 5.41) is 10.4. The van der Waals surface area contributed by atoms with Gasteiger partial charge in [-0.1, -0.05) is 163 Å². The molecule has 0 amide bonds. The van der Waals surface area contributed by atoms with Crippen LogP contribution in [0.4, 0.5) is 0 Å². The minimum Gasteiger partial charge on any atom is -0.308 e. The highest BCUT2D eigenvalue weighted by Gasteiger charge is 2.40. The molecule has 66 heavy (non-hydrogen) atoms. The van der Waals surface area contributed by atoms with E-state index >= 15 is 0 Å². The van der Waals surface area contributed by atoms with Crippen molar-refractivity contribution >= 4 is 59.6 Å². The van der Waals surface area contributed by atoms with Crippen LogP contribution in [0.15, 0.2) is 176 Å². The zero-order chi connectivity index (χ0) is 44.2. The van der Waals surface area contributed by atoms with Crippen molar-refractivity contribution in [1.29, 1.82) is 0 Å². The van der Waals surface area contributed by atoms with Gasteiger partial charge in [-0.2, -0.15) is 0 Å². The maximum atomic E-state index is 2.60. The average molecular weight is 842 g/mol. The number of rotatable bonds is 2. The first-order chi connectivity index (χ1) is 32.0. The van der Waals surface area contributed by atoms with Gasteiger partial charge in [-0.15, -0.1) is 0 Å². The summed E-state index contributed by atoms with van der Waals surface area (Å²) in [6, 6.07) is 68.0. The molecule has 2 aromatic heterocycles. The van der Waals surface area contributed by atoms with E-state index in [2.05, 4.69) is 222 Å². The van der Waals surface area contributed by atoms with Crippen molar-refractivity contribution < 1.29 is 0 Å². The molecule has 312 valence electrons. The molecule has 15 rings (SSSR count). The highest BCUT2D eigenvalue weighted by Crippen LogP contribution is 2.57. The zero-order valence-corrected chi connectivity index (χ0v) is 38.2. The van der Waals surface area contributed by atoms with Crippen LogP contribution in [-0.4, -0.2) is 4.40 Å². The highest BCUT2D eigenvalue weighted by atomic mass is 14.9. The Bertz CT molecular complexity index is 4180. The van der Waals surface area contributed by atoms with Crippen molar-refractivity contribution in [2.75, 3.05) is 0 Å². The summed E-state index contributed by atoms with van der Waals surface area (Å²) in [5.41, 5.74) is 25.5. The summed E-state index contributed by atoms with van der Waals surface area (Å²) in [6.45, 7) is 14.3. The van der Waals surface area contributed by atoms with Crippen molar-refractivity contribution in [3.05, 3.63) is 209 Å². The van der Waals surface area contributed by atoms with Crippen molar-refractivity contribution in [1.82, 2.24) is 4.40 Å². The third-order valence-electron chi connectivity index (χ3n) is 16.9. The molecule has 0 fully saturated rings. The number of benzene rings is 10. The summed E-state index contributed by atoms with van der Waals surface area (Å²) in [6.07, 6.45) is 0. The molecule has 0 atom stereocenters. The van der Waals surface area contributed by atoms with Crippen LogP contribution >= 0.6 is 0 Å². The second kappa shape index (κ2) is 12.0. The van der Waals surface area contributed by atoms with E-state index in [9.17, 15) is 0 Å². The highest BCUT2D eigenvalue weighted by molar-refractivity contribution is 6.30. The lowest BCUT2D eigenvalue weighted by Gasteiger charge is -2.21. The Morgan fingerprint density at radius 1 is 0.303 bits per heavy atom. The maximum Gasteiger partial charge on any atom is 0.0626 e. The molecule has 0 spiro atoms. The van der Waals surface area contributed by atoms with Crippen molar-refractivity contribution in [2.24, 2.45) is 0 Å². The van der Waals surface area contributed by atoms with Gasteiger partial charge in [0, 0.05) is 37.8 Å². The molecular formula is C65H47N. The van der Waals surface area contributed by atoms with E-state index in [0.717, 1.165) is 0 Å². The van der Waals surface area contributed by atoms with Crippen molar-refractivity contribution in [2.45, 2.75) is 57.8 Å². The molecule has 2 heterocycles. The number of fused-ring (bicyclic) bond motifs is 18. The van der Waals surface area contributed by atoms with Crippen LogP contribution in [0.2, 0.25) is 0 Å². The number of hydrogen-bond donors (Lipinski definition) is 0. The molecule has 0 radical (unpaired) electrons. The predicted molar refractivity (Wildman–Crippen MR) is 280 cm³/mol. The van der Waals surface area contributed by atoms with E-state index in [1.807, 2.05) is 0 Å².